The van der Waals surface area contributed by atoms with E-state index in [2.05, 4.69) is 46.9 Å². The second-order valence-corrected chi connectivity index (χ2v) is 8.21. The van der Waals surface area contributed by atoms with Gasteiger partial charge < -0.3 is 10.1 Å². The zero-order chi connectivity index (χ0) is 14.3. The molecule has 2 saturated carbocycles. The normalized spacial score (nSPS) is 40.7. The maximum atomic E-state index is 5.83. The summed E-state index contributed by atoms with van der Waals surface area (Å²) in [5, 5.41) is 3.94. The third kappa shape index (κ3) is 3.16. The first-order valence-electron chi connectivity index (χ1n) is 8.14. The van der Waals surface area contributed by atoms with Gasteiger partial charge in [-0.05, 0) is 43.9 Å². The van der Waals surface area contributed by atoms with Gasteiger partial charge in [0.05, 0.1) is 6.10 Å². The van der Waals surface area contributed by atoms with Gasteiger partial charge in [-0.25, -0.2) is 0 Å². The Morgan fingerprint density at radius 3 is 2.42 bits per heavy atom. The standard InChI is InChI=1S/C17H33NO/c1-7-19-15-10-14(17(15,5)6)18-13-8-9-16(3,4)11-12(13)2/h12-15,18H,7-11H2,1-6H3. The molecule has 0 spiro atoms. The fourth-order valence-corrected chi connectivity index (χ4v) is 4.11. The second kappa shape index (κ2) is 5.37. The third-order valence-electron chi connectivity index (χ3n) is 5.65. The Balaban J connectivity index is 1.86. The number of hydrogen-bond donors (Lipinski definition) is 1. The molecule has 2 aliphatic carbocycles. The number of nitrogens with one attached hydrogen (secondary N) is 1. The Morgan fingerprint density at radius 1 is 1.21 bits per heavy atom. The van der Waals surface area contributed by atoms with E-state index in [0.29, 0.717) is 29.0 Å². The zero-order valence-electron chi connectivity index (χ0n) is 13.8. The highest BCUT2D eigenvalue weighted by atomic mass is 16.5. The summed E-state index contributed by atoms with van der Waals surface area (Å²) in [7, 11) is 0. The molecule has 2 fully saturated rings. The van der Waals surface area contributed by atoms with Crippen LogP contribution in [0.3, 0.4) is 0 Å². The van der Waals surface area contributed by atoms with Crippen LogP contribution in [0, 0.1) is 16.7 Å². The average Bonchev–Trinajstić information content (AvgIpc) is 2.29. The van der Waals surface area contributed by atoms with E-state index < -0.39 is 0 Å². The third-order valence-corrected chi connectivity index (χ3v) is 5.65. The molecule has 2 rings (SSSR count). The number of ether oxygens (including phenoxy) is 1. The van der Waals surface area contributed by atoms with Crippen molar-refractivity contribution in [2.75, 3.05) is 6.61 Å². The first kappa shape index (κ1) is 15.3. The summed E-state index contributed by atoms with van der Waals surface area (Å²) in [4.78, 5) is 0. The Bertz CT molecular complexity index is 310. The molecular weight excluding hydrogens is 234 g/mol. The summed E-state index contributed by atoms with van der Waals surface area (Å²) in [6.45, 7) is 14.9. The predicted octanol–water partition coefficient (Wildman–Crippen LogP) is 3.99. The van der Waals surface area contributed by atoms with Crippen molar-refractivity contribution in [2.24, 2.45) is 16.7 Å². The topological polar surface area (TPSA) is 21.3 Å². The molecule has 0 heterocycles. The highest BCUT2D eigenvalue weighted by Gasteiger charge is 2.50. The molecule has 112 valence electrons. The lowest BCUT2D eigenvalue weighted by molar-refractivity contribution is -0.119. The van der Waals surface area contributed by atoms with E-state index in [0.717, 1.165) is 12.5 Å². The van der Waals surface area contributed by atoms with Crippen LogP contribution in [0.4, 0.5) is 0 Å². The molecule has 4 unspecified atom stereocenters. The van der Waals surface area contributed by atoms with Crippen LogP contribution in [0.2, 0.25) is 0 Å². The van der Waals surface area contributed by atoms with Crippen molar-refractivity contribution in [3.8, 4) is 0 Å². The van der Waals surface area contributed by atoms with Crippen molar-refractivity contribution in [1.29, 1.82) is 0 Å². The van der Waals surface area contributed by atoms with Crippen molar-refractivity contribution in [3.63, 3.8) is 0 Å². The molecule has 0 aromatic rings. The van der Waals surface area contributed by atoms with E-state index in [4.69, 9.17) is 4.74 Å². The Hall–Kier alpha value is -0.0800. The maximum Gasteiger partial charge on any atom is 0.0655 e. The average molecular weight is 267 g/mol. The van der Waals surface area contributed by atoms with Gasteiger partial charge in [0, 0.05) is 24.1 Å². The van der Waals surface area contributed by atoms with Crippen molar-refractivity contribution in [1.82, 2.24) is 5.32 Å². The molecule has 0 saturated heterocycles. The van der Waals surface area contributed by atoms with Gasteiger partial charge in [-0.15, -0.1) is 0 Å². The van der Waals surface area contributed by atoms with Crippen LogP contribution in [0.25, 0.3) is 0 Å². The quantitative estimate of drug-likeness (QED) is 0.831. The molecule has 0 radical (unpaired) electrons. The maximum absolute atomic E-state index is 5.83. The van der Waals surface area contributed by atoms with Crippen LogP contribution in [0.1, 0.15) is 67.2 Å². The van der Waals surface area contributed by atoms with Crippen molar-refractivity contribution < 1.29 is 4.74 Å². The minimum absolute atomic E-state index is 0.294. The van der Waals surface area contributed by atoms with Gasteiger partial charge in [0.2, 0.25) is 0 Å². The van der Waals surface area contributed by atoms with Crippen LogP contribution in [-0.2, 0) is 4.74 Å². The second-order valence-electron chi connectivity index (χ2n) is 8.21. The van der Waals surface area contributed by atoms with E-state index >= 15 is 0 Å². The van der Waals surface area contributed by atoms with Crippen LogP contribution >= 0.6 is 0 Å². The molecule has 0 amide bonds. The lowest BCUT2D eigenvalue weighted by Crippen LogP contribution is -2.64. The Kier molecular flexibility index (Phi) is 4.32. The van der Waals surface area contributed by atoms with Gasteiger partial charge in [-0.1, -0.05) is 34.6 Å². The summed E-state index contributed by atoms with van der Waals surface area (Å²) in [5.41, 5.74) is 0.837. The van der Waals surface area contributed by atoms with Crippen molar-refractivity contribution in [3.05, 3.63) is 0 Å². The monoisotopic (exact) mass is 267 g/mol. The minimum atomic E-state index is 0.294. The van der Waals surface area contributed by atoms with E-state index in [1.807, 2.05) is 0 Å². The highest BCUT2D eigenvalue weighted by molar-refractivity contribution is 5.04. The van der Waals surface area contributed by atoms with E-state index in [1.54, 1.807) is 0 Å². The van der Waals surface area contributed by atoms with Gasteiger partial charge in [-0.2, -0.15) is 0 Å². The summed E-state index contributed by atoms with van der Waals surface area (Å²) >= 11 is 0. The fraction of sp³-hybridized carbons (Fsp3) is 1.00. The molecule has 4 atom stereocenters. The number of hydrogen-bond acceptors (Lipinski definition) is 2. The summed E-state index contributed by atoms with van der Waals surface area (Å²) in [6.07, 6.45) is 5.68. The summed E-state index contributed by atoms with van der Waals surface area (Å²) in [6, 6.07) is 1.34. The van der Waals surface area contributed by atoms with E-state index in [-0.39, 0.29) is 0 Å². The molecule has 0 aromatic carbocycles. The Labute approximate surface area is 119 Å². The highest BCUT2D eigenvalue weighted by Crippen LogP contribution is 2.45. The lowest BCUT2D eigenvalue weighted by Gasteiger charge is -2.54. The molecule has 2 heteroatoms. The lowest BCUT2D eigenvalue weighted by atomic mass is 9.63. The van der Waals surface area contributed by atoms with Gasteiger partial charge in [0.25, 0.3) is 0 Å². The smallest absolute Gasteiger partial charge is 0.0655 e. The molecule has 2 nitrogen and oxygen atoms in total. The fourth-order valence-electron chi connectivity index (χ4n) is 4.11. The van der Waals surface area contributed by atoms with Crippen LogP contribution < -0.4 is 5.32 Å². The first-order chi connectivity index (χ1) is 8.76. The Morgan fingerprint density at radius 2 is 1.89 bits per heavy atom. The first-order valence-corrected chi connectivity index (χ1v) is 8.14. The zero-order valence-corrected chi connectivity index (χ0v) is 13.8. The molecule has 0 aromatic heterocycles. The minimum Gasteiger partial charge on any atom is -0.378 e. The molecule has 2 aliphatic rings. The van der Waals surface area contributed by atoms with Crippen molar-refractivity contribution >= 4 is 0 Å². The van der Waals surface area contributed by atoms with Gasteiger partial charge in [-0.3, -0.25) is 0 Å². The number of rotatable bonds is 4. The van der Waals surface area contributed by atoms with Crippen LogP contribution in [-0.4, -0.2) is 24.8 Å². The molecule has 1 N–H and O–H groups in total. The SMILES string of the molecule is CCOC1CC(NC2CCC(C)(C)CC2C)C1(C)C. The van der Waals surface area contributed by atoms with Crippen molar-refractivity contribution in [2.45, 2.75) is 85.4 Å². The van der Waals surface area contributed by atoms with Gasteiger partial charge >= 0.3 is 0 Å². The van der Waals surface area contributed by atoms with Gasteiger partial charge in [0.1, 0.15) is 0 Å². The summed E-state index contributed by atoms with van der Waals surface area (Å²) < 4.78 is 5.83. The van der Waals surface area contributed by atoms with Crippen LogP contribution in [0.5, 0.6) is 0 Å². The van der Waals surface area contributed by atoms with E-state index in [9.17, 15) is 0 Å². The molecule has 0 bridgehead atoms. The van der Waals surface area contributed by atoms with Gasteiger partial charge in [0.15, 0.2) is 0 Å². The largest absolute Gasteiger partial charge is 0.378 e. The summed E-state index contributed by atoms with van der Waals surface area (Å²) in [5.74, 6) is 0.797. The van der Waals surface area contributed by atoms with Crippen LogP contribution in [0.15, 0.2) is 0 Å². The molecular formula is C17H33NO. The van der Waals surface area contributed by atoms with E-state index in [1.165, 1.54) is 25.7 Å². The molecule has 0 aliphatic heterocycles. The molecule has 19 heavy (non-hydrogen) atoms. The predicted molar refractivity (Wildman–Crippen MR) is 81.3 cm³/mol.